The summed E-state index contributed by atoms with van der Waals surface area (Å²) in [5.74, 6) is 0.0479. The van der Waals surface area contributed by atoms with Crippen molar-refractivity contribution in [1.82, 2.24) is 10.2 Å². The average molecular weight is 397 g/mol. The van der Waals surface area contributed by atoms with Gasteiger partial charge in [-0.1, -0.05) is 12.1 Å². The second-order valence-corrected chi connectivity index (χ2v) is 7.44. The van der Waals surface area contributed by atoms with Crippen molar-refractivity contribution in [1.29, 1.82) is 0 Å². The topological polar surface area (TPSA) is 82.0 Å². The van der Waals surface area contributed by atoms with Gasteiger partial charge < -0.3 is 25.2 Å². The second-order valence-electron chi connectivity index (χ2n) is 7.44. The molecular formula is C21H33FN2O4. The zero-order valence-electron chi connectivity index (χ0n) is 16.7. The zero-order valence-corrected chi connectivity index (χ0v) is 16.7. The first kappa shape index (κ1) is 22.7. The van der Waals surface area contributed by atoms with Gasteiger partial charge in [0.1, 0.15) is 5.82 Å². The van der Waals surface area contributed by atoms with E-state index in [4.69, 9.17) is 9.84 Å². The van der Waals surface area contributed by atoms with Crippen LogP contribution in [0.2, 0.25) is 0 Å². The Morgan fingerprint density at radius 2 is 2.18 bits per heavy atom. The monoisotopic (exact) mass is 396 g/mol. The number of hydrogen-bond donors (Lipinski definition) is 3. The van der Waals surface area contributed by atoms with Gasteiger partial charge in [0, 0.05) is 32.2 Å². The number of halogens is 1. The summed E-state index contributed by atoms with van der Waals surface area (Å²) < 4.78 is 19.4. The number of nitrogens with zero attached hydrogens (tertiary/aromatic N) is 1. The number of amides is 1. The molecule has 1 amide bonds. The lowest BCUT2D eigenvalue weighted by atomic mass is 9.98. The predicted octanol–water partition coefficient (Wildman–Crippen LogP) is 1.48. The normalized spacial score (nSPS) is 15.5. The van der Waals surface area contributed by atoms with Crippen LogP contribution in [-0.2, 0) is 22.6 Å². The third-order valence-corrected chi connectivity index (χ3v) is 5.03. The van der Waals surface area contributed by atoms with Gasteiger partial charge in [0.2, 0.25) is 5.91 Å². The minimum atomic E-state index is -0.614. The number of likely N-dealkylation sites (tertiary alicyclic amines) is 1. The molecule has 158 valence electrons. The van der Waals surface area contributed by atoms with Gasteiger partial charge in [-0.3, -0.25) is 4.79 Å². The summed E-state index contributed by atoms with van der Waals surface area (Å²) in [5, 5.41) is 21.4. The van der Waals surface area contributed by atoms with Crippen LogP contribution in [0.3, 0.4) is 0 Å². The molecule has 1 aromatic carbocycles. The Hall–Kier alpha value is -1.54. The van der Waals surface area contributed by atoms with Crippen LogP contribution in [0, 0.1) is 11.7 Å². The first-order valence-corrected chi connectivity index (χ1v) is 10.2. The van der Waals surface area contributed by atoms with E-state index in [0.29, 0.717) is 44.2 Å². The van der Waals surface area contributed by atoms with E-state index in [9.17, 15) is 14.3 Å². The lowest BCUT2D eigenvalue weighted by Crippen LogP contribution is -2.53. The van der Waals surface area contributed by atoms with Crippen molar-refractivity contribution in [3.63, 3.8) is 0 Å². The summed E-state index contributed by atoms with van der Waals surface area (Å²) in [7, 11) is 0. The summed E-state index contributed by atoms with van der Waals surface area (Å²) in [5.41, 5.74) is 1.20. The van der Waals surface area contributed by atoms with Crippen molar-refractivity contribution in [2.45, 2.75) is 45.3 Å². The summed E-state index contributed by atoms with van der Waals surface area (Å²) in [6.07, 6.45) is 1.92. The van der Waals surface area contributed by atoms with Gasteiger partial charge in [-0.25, -0.2) is 4.39 Å². The summed E-state index contributed by atoms with van der Waals surface area (Å²) in [4.78, 5) is 14.1. The number of carbonyl (C=O) groups excluding carboxylic acids is 1. The second kappa shape index (κ2) is 12.1. The Balaban J connectivity index is 1.60. The maximum absolute atomic E-state index is 14.2. The Morgan fingerprint density at radius 3 is 2.86 bits per heavy atom. The van der Waals surface area contributed by atoms with Gasteiger partial charge in [0.25, 0.3) is 0 Å². The molecule has 0 radical (unpaired) electrons. The summed E-state index contributed by atoms with van der Waals surface area (Å²) in [6.45, 7) is 5.81. The fourth-order valence-electron chi connectivity index (χ4n) is 3.25. The molecule has 1 aromatic rings. The SMILES string of the molecule is CCOCc1ccc(CC(=O)N2CC(CNCCCC[C@H](O)CO)C2)c(F)c1. The number of ether oxygens (including phenoxy) is 1. The van der Waals surface area contributed by atoms with Crippen LogP contribution in [-0.4, -0.2) is 66.5 Å². The highest BCUT2D eigenvalue weighted by atomic mass is 19.1. The fourth-order valence-corrected chi connectivity index (χ4v) is 3.25. The van der Waals surface area contributed by atoms with E-state index in [1.54, 1.807) is 11.0 Å². The Kier molecular flexibility index (Phi) is 9.84. The first-order valence-electron chi connectivity index (χ1n) is 10.2. The standard InChI is InChI=1S/C21H33FN2O4/c1-2-28-15-16-6-7-18(20(22)9-16)10-21(27)24-12-17(13-24)11-23-8-4-3-5-19(26)14-25/h6-7,9,17,19,23,25-26H,2-5,8,10-15H2,1H3/t19-/m0/s1. The van der Waals surface area contributed by atoms with Gasteiger partial charge in [-0.05, 0) is 49.9 Å². The van der Waals surface area contributed by atoms with E-state index in [0.717, 1.165) is 31.5 Å². The van der Waals surface area contributed by atoms with Crippen molar-refractivity contribution < 1.29 is 24.1 Å². The molecule has 28 heavy (non-hydrogen) atoms. The van der Waals surface area contributed by atoms with E-state index < -0.39 is 6.10 Å². The lowest BCUT2D eigenvalue weighted by molar-refractivity contribution is -0.136. The van der Waals surface area contributed by atoms with E-state index in [-0.39, 0.29) is 24.8 Å². The number of nitrogens with one attached hydrogen (secondary N) is 1. The minimum Gasteiger partial charge on any atom is -0.394 e. The molecule has 0 unspecified atom stereocenters. The third-order valence-electron chi connectivity index (χ3n) is 5.03. The van der Waals surface area contributed by atoms with E-state index in [2.05, 4.69) is 5.32 Å². The van der Waals surface area contributed by atoms with Gasteiger partial charge in [0.05, 0.1) is 25.7 Å². The molecule has 6 nitrogen and oxygen atoms in total. The van der Waals surface area contributed by atoms with Gasteiger partial charge in [0.15, 0.2) is 0 Å². The highest BCUT2D eigenvalue weighted by Crippen LogP contribution is 2.18. The third kappa shape index (κ3) is 7.47. The Bertz CT molecular complexity index is 608. The number of aliphatic hydroxyl groups excluding tert-OH is 2. The van der Waals surface area contributed by atoms with Crippen LogP contribution >= 0.6 is 0 Å². The van der Waals surface area contributed by atoms with Crippen molar-refractivity contribution in [2.75, 3.05) is 39.4 Å². The minimum absolute atomic E-state index is 0.0364. The van der Waals surface area contributed by atoms with Crippen molar-refractivity contribution in [2.24, 2.45) is 5.92 Å². The van der Waals surface area contributed by atoms with Gasteiger partial charge in [-0.15, -0.1) is 0 Å². The van der Waals surface area contributed by atoms with E-state index in [1.807, 2.05) is 13.0 Å². The number of carbonyl (C=O) groups is 1. The fraction of sp³-hybridized carbons (Fsp3) is 0.667. The molecular weight excluding hydrogens is 363 g/mol. The predicted molar refractivity (Wildman–Crippen MR) is 105 cm³/mol. The lowest BCUT2D eigenvalue weighted by Gasteiger charge is -2.39. The van der Waals surface area contributed by atoms with Crippen LogP contribution < -0.4 is 5.32 Å². The number of rotatable bonds is 13. The molecule has 0 bridgehead atoms. The van der Waals surface area contributed by atoms with Crippen LogP contribution in [0.4, 0.5) is 4.39 Å². The van der Waals surface area contributed by atoms with Crippen LogP contribution in [0.5, 0.6) is 0 Å². The molecule has 0 spiro atoms. The largest absolute Gasteiger partial charge is 0.394 e. The maximum atomic E-state index is 14.2. The Labute approximate surface area is 166 Å². The smallest absolute Gasteiger partial charge is 0.227 e. The number of aliphatic hydroxyl groups is 2. The molecule has 1 heterocycles. The Morgan fingerprint density at radius 1 is 1.39 bits per heavy atom. The molecule has 7 heteroatoms. The molecule has 0 aliphatic carbocycles. The number of unbranched alkanes of at least 4 members (excludes halogenated alkanes) is 1. The average Bonchev–Trinajstić information content (AvgIpc) is 2.65. The molecule has 1 atom stereocenters. The number of benzene rings is 1. The molecule has 2 rings (SSSR count). The molecule has 1 aliphatic heterocycles. The highest BCUT2D eigenvalue weighted by molar-refractivity contribution is 5.79. The number of hydrogen-bond acceptors (Lipinski definition) is 5. The molecule has 1 saturated heterocycles. The van der Waals surface area contributed by atoms with Gasteiger partial charge in [-0.2, -0.15) is 0 Å². The van der Waals surface area contributed by atoms with Gasteiger partial charge >= 0.3 is 0 Å². The first-order chi connectivity index (χ1) is 13.5. The quantitative estimate of drug-likeness (QED) is 0.440. The molecule has 1 fully saturated rings. The summed E-state index contributed by atoms with van der Waals surface area (Å²) >= 11 is 0. The molecule has 1 aliphatic rings. The summed E-state index contributed by atoms with van der Waals surface area (Å²) in [6, 6.07) is 4.93. The highest BCUT2D eigenvalue weighted by Gasteiger charge is 2.30. The van der Waals surface area contributed by atoms with Crippen molar-refractivity contribution >= 4 is 5.91 Å². The maximum Gasteiger partial charge on any atom is 0.227 e. The van der Waals surface area contributed by atoms with Crippen LogP contribution in [0.1, 0.15) is 37.3 Å². The van der Waals surface area contributed by atoms with Crippen LogP contribution in [0.25, 0.3) is 0 Å². The van der Waals surface area contributed by atoms with E-state index >= 15 is 0 Å². The molecule has 0 saturated carbocycles. The van der Waals surface area contributed by atoms with Crippen molar-refractivity contribution in [3.8, 4) is 0 Å². The zero-order chi connectivity index (χ0) is 20.4. The molecule has 0 aromatic heterocycles. The molecule has 3 N–H and O–H groups in total. The van der Waals surface area contributed by atoms with E-state index in [1.165, 1.54) is 6.07 Å². The van der Waals surface area contributed by atoms with Crippen molar-refractivity contribution in [3.05, 3.63) is 35.1 Å². The van der Waals surface area contributed by atoms with Crippen LogP contribution in [0.15, 0.2) is 18.2 Å².